The molecular formula is C58H47N5. The summed E-state index contributed by atoms with van der Waals surface area (Å²) in [6.07, 6.45) is 19.3. The van der Waals surface area contributed by atoms with Gasteiger partial charge in [-0.15, -0.1) is 0 Å². The first-order valence-electron chi connectivity index (χ1n) is 22.4. The molecule has 5 heteroatoms. The first kappa shape index (κ1) is 37.4. The highest BCUT2D eigenvalue weighted by Crippen LogP contribution is 2.58. The van der Waals surface area contributed by atoms with Crippen LogP contribution in [-0.2, 0) is 5.41 Å². The molecule has 3 heterocycles. The van der Waals surface area contributed by atoms with Crippen LogP contribution in [0.25, 0.3) is 39.5 Å². The van der Waals surface area contributed by atoms with Crippen molar-refractivity contribution in [1.82, 2.24) is 15.0 Å². The van der Waals surface area contributed by atoms with Crippen molar-refractivity contribution in [3.63, 3.8) is 0 Å². The molecule has 12 rings (SSSR count). The standard InChI is InChI=1S/C58H47N5/c1-58(2)48-30-14-15-31-50(48)62(43-24-10-5-11-25-43)51-34-33-41(37-49(51)58)46-28-17-29-47-53-45-27-13-12-18-38(45)32-35-52(53)63(54(46)47)44-26-16-23-42(36-44)57-60-55(39-19-6-3-7-20-39)59-56(61-57)40-21-8-4-9-22-40/h3-12,14-26,28-35,37,44-45,53H,13,27,36H2,1-2H3. The van der Waals surface area contributed by atoms with Crippen molar-refractivity contribution in [2.45, 2.75) is 50.5 Å². The molecule has 0 fully saturated rings. The lowest BCUT2D eigenvalue weighted by atomic mass is 9.72. The highest BCUT2D eigenvalue weighted by molar-refractivity contribution is 5.92. The number of hydrogen-bond donors (Lipinski definition) is 0. The first-order chi connectivity index (χ1) is 31.0. The fraction of sp³-hybridized carbons (Fsp3) is 0.155. The molecule has 6 aromatic carbocycles. The Hall–Kier alpha value is -7.37. The van der Waals surface area contributed by atoms with Crippen molar-refractivity contribution < 1.29 is 0 Å². The molecule has 5 nitrogen and oxygen atoms in total. The molecule has 0 radical (unpaired) electrons. The second-order valence-electron chi connectivity index (χ2n) is 17.9. The number of aromatic nitrogens is 3. The predicted molar refractivity (Wildman–Crippen MR) is 258 cm³/mol. The van der Waals surface area contributed by atoms with Gasteiger partial charge in [0, 0.05) is 45.8 Å². The Bertz CT molecular complexity index is 3030. The summed E-state index contributed by atoms with van der Waals surface area (Å²) in [5.74, 6) is 2.79. The van der Waals surface area contributed by atoms with Gasteiger partial charge >= 0.3 is 0 Å². The Kier molecular flexibility index (Phi) is 8.86. The van der Waals surface area contributed by atoms with Crippen LogP contribution < -0.4 is 9.80 Å². The molecule has 3 unspecified atom stereocenters. The third kappa shape index (κ3) is 6.17. The Morgan fingerprint density at radius 2 is 1.29 bits per heavy atom. The normalized spacial score (nSPS) is 20.1. The van der Waals surface area contributed by atoms with Crippen LogP contribution in [0.3, 0.4) is 0 Å². The van der Waals surface area contributed by atoms with Gasteiger partial charge in [-0.2, -0.15) is 0 Å². The number of hydrogen-bond acceptors (Lipinski definition) is 5. The number of para-hydroxylation sites is 3. The zero-order chi connectivity index (χ0) is 42.1. The van der Waals surface area contributed by atoms with E-state index in [1.54, 1.807) is 0 Å². The Morgan fingerprint density at radius 1 is 0.603 bits per heavy atom. The average molecular weight is 814 g/mol. The molecule has 0 saturated heterocycles. The molecule has 0 saturated carbocycles. The third-order valence-corrected chi connectivity index (χ3v) is 13.9. The topological polar surface area (TPSA) is 45.2 Å². The summed E-state index contributed by atoms with van der Waals surface area (Å²) in [5.41, 5.74) is 17.2. The second-order valence-corrected chi connectivity index (χ2v) is 17.9. The van der Waals surface area contributed by atoms with Crippen LogP contribution in [0.2, 0.25) is 0 Å². The van der Waals surface area contributed by atoms with Gasteiger partial charge in [-0.05, 0) is 88.6 Å². The van der Waals surface area contributed by atoms with Crippen molar-refractivity contribution in [3.05, 3.63) is 228 Å². The summed E-state index contributed by atoms with van der Waals surface area (Å²) < 4.78 is 0. The Labute approximate surface area is 369 Å². The molecule has 0 bridgehead atoms. The largest absolute Gasteiger partial charge is 0.336 e. The van der Waals surface area contributed by atoms with Gasteiger partial charge in [-0.1, -0.05) is 172 Å². The van der Waals surface area contributed by atoms with Crippen LogP contribution in [0.15, 0.2) is 205 Å². The lowest BCUT2D eigenvalue weighted by molar-refractivity contribution is 0.491. The van der Waals surface area contributed by atoms with Gasteiger partial charge in [0.15, 0.2) is 17.5 Å². The minimum atomic E-state index is -0.220. The molecular weight excluding hydrogens is 767 g/mol. The van der Waals surface area contributed by atoms with Gasteiger partial charge in [0.25, 0.3) is 0 Å². The number of fused-ring (bicyclic) bond motifs is 7. The summed E-state index contributed by atoms with van der Waals surface area (Å²) in [6, 6.07) is 54.6. The van der Waals surface area contributed by atoms with E-state index >= 15 is 0 Å². The van der Waals surface area contributed by atoms with E-state index in [0.29, 0.717) is 17.6 Å². The Morgan fingerprint density at radius 3 is 2.05 bits per heavy atom. The molecule has 7 aromatic rings. The van der Waals surface area contributed by atoms with Gasteiger partial charge in [0.2, 0.25) is 0 Å². The van der Waals surface area contributed by atoms with Crippen molar-refractivity contribution in [2.24, 2.45) is 5.92 Å². The molecule has 63 heavy (non-hydrogen) atoms. The van der Waals surface area contributed by atoms with E-state index in [2.05, 4.69) is 181 Å². The third-order valence-electron chi connectivity index (χ3n) is 13.9. The maximum Gasteiger partial charge on any atom is 0.164 e. The lowest BCUT2D eigenvalue weighted by Gasteiger charge is -2.42. The fourth-order valence-corrected chi connectivity index (χ4v) is 10.9. The maximum atomic E-state index is 5.18. The van der Waals surface area contributed by atoms with Crippen molar-refractivity contribution >= 4 is 28.3 Å². The van der Waals surface area contributed by atoms with E-state index in [0.717, 1.165) is 41.8 Å². The molecule has 3 aliphatic carbocycles. The summed E-state index contributed by atoms with van der Waals surface area (Å²) in [6.45, 7) is 4.77. The summed E-state index contributed by atoms with van der Waals surface area (Å²) >= 11 is 0. The molecule has 0 N–H and O–H groups in total. The number of anilines is 4. The predicted octanol–water partition coefficient (Wildman–Crippen LogP) is 14.1. The minimum absolute atomic E-state index is 0.0434. The van der Waals surface area contributed by atoms with E-state index in [1.165, 1.54) is 61.8 Å². The van der Waals surface area contributed by atoms with E-state index in [-0.39, 0.29) is 17.4 Å². The Balaban J connectivity index is 0.992. The summed E-state index contributed by atoms with van der Waals surface area (Å²) in [4.78, 5) is 20.5. The molecule has 0 amide bonds. The lowest BCUT2D eigenvalue weighted by Crippen LogP contribution is -2.35. The highest BCUT2D eigenvalue weighted by atomic mass is 15.2. The summed E-state index contributed by atoms with van der Waals surface area (Å²) in [7, 11) is 0. The quantitative estimate of drug-likeness (QED) is 0.167. The van der Waals surface area contributed by atoms with Crippen molar-refractivity contribution in [3.8, 4) is 33.9 Å². The van der Waals surface area contributed by atoms with E-state index < -0.39 is 0 Å². The molecule has 304 valence electrons. The monoisotopic (exact) mass is 813 g/mol. The van der Waals surface area contributed by atoms with Crippen molar-refractivity contribution in [2.75, 3.05) is 9.80 Å². The van der Waals surface area contributed by atoms with E-state index in [4.69, 9.17) is 15.0 Å². The number of allylic oxidation sites excluding steroid dienone is 8. The van der Waals surface area contributed by atoms with Crippen LogP contribution in [0, 0.1) is 5.92 Å². The van der Waals surface area contributed by atoms with Gasteiger partial charge in [-0.3, -0.25) is 0 Å². The highest BCUT2D eigenvalue weighted by Gasteiger charge is 2.45. The van der Waals surface area contributed by atoms with E-state index in [9.17, 15) is 0 Å². The fourth-order valence-electron chi connectivity index (χ4n) is 10.9. The molecule has 1 aromatic heterocycles. The second kappa shape index (κ2) is 14.9. The number of benzene rings is 6. The number of rotatable bonds is 6. The van der Waals surface area contributed by atoms with E-state index in [1.807, 2.05) is 36.4 Å². The van der Waals surface area contributed by atoms with Gasteiger partial charge in [0.1, 0.15) is 0 Å². The molecule has 5 aliphatic rings. The maximum absolute atomic E-state index is 5.18. The van der Waals surface area contributed by atoms with Gasteiger partial charge in [-0.25, -0.2) is 15.0 Å². The minimum Gasteiger partial charge on any atom is -0.336 e. The SMILES string of the molecule is CC1(C)c2ccccc2N(c2ccccc2)c2ccc(-c3cccc4c3N(C3C=CC=C(c5nc(-c6ccccc6)nc(-c6ccccc6)n5)C3)C3=CC=C5C=CCCC5C34)cc21. The van der Waals surface area contributed by atoms with Gasteiger partial charge in [0.05, 0.1) is 23.1 Å². The van der Waals surface area contributed by atoms with Gasteiger partial charge < -0.3 is 9.80 Å². The van der Waals surface area contributed by atoms with Crippen LogP contribution in [0.5, 0.6) is 0 Å². The number of nitrogens with zero attached hydrogens (tertiary/aromatic N) is 5. The van der Waals surface area contributed by atoms with Crippen LogP contribution in [0.4, 0.5) is 22.7 Å². The zero-order valence-electron chi connectivity index (χ0n) is 35.6. The zero-order valence-corrected chi connectivity index (χ0v) is 35.6. The molecule has 0 spiro atoms. The molecule has 2 aliphatic heterocycles. The van der Waals surface area contributed by atoms with Crippen LogP contribution in [0.1, 0.15) is 61.5 Å². The molecule has 3 atom stereocenters. The van der Waals surface area contributed by atoms with Crippen molar-refractivity contribution in [1.29, 1.82) is 0 Å². The average Bonchev–Trinajstić information content (AvgIpc) is 3.70. The van der Waals surface area contributed by atoms with Crippen LogP contribution >= 0.6 is 0 Å². The smallest absolute Gasteiger partial charge is 0.164 e. The van der Waals surface area contributed by atoms with Crippen LogP contribution in [-0.4, -0.2) is 21.0 Å². The summed E-state index contributed by atoms with van der Waals surface area (Å²) in [5, 5.41) is 0. The first-order valence-corrected chi connectivity index (χ1v) is 22.4.